The number of fused-ring (bicyclic) bond motifs is 2. The molecule has 4 heterocycles. The summed E-state index contributed by atoms with van der Waals surface area (Å²) in [6.45, 7) is 10.5. The van der Waals surface area contributed by atoms with E-state index in [2.05, 4.69) is 6.92 Å². The van der Waals surface area contributed by atoms with Crippen molar-refractivity contribution in [1.82, 2.24) is 9.80 Å². The second-order valence-electron chi connectivity index (χ2n) is 11.2. The van der Waals surface area contributed by atoms with Crippen molar-refractivity contribution in [2.75, 3.05) is 19.8 Å². The molecule has 1 N–H and O–H groups in total. The smallest absolute Gasteiger partial charge is 0.313 e. The van der Waals surface area contributed by atoms with Crippen molar-refractivity contribution in [3.63, 3.8) is 0 Å². The summed E-state index contributed by atoms with van der Waals surface area (Å²) < 4.78 is 12.5. The summed E-state index contributed by atoms with van der Waals surface area (Å²) in [5, 5.41) is 10.4. The standard InChI is InChI=1S/C28H42N2O6/c1-6-11-19(5)29-14-10-13-28-21(22-26(34)35-15-9-8-12-27(22,7-2)36-28)24(32)30(23(28)25(29)33)20(17-31)16-18(3)4/h8,10,12-13,18-23,31H,6-7,9,11,14-17H2,1-5H3/t19?,20-,21+,22-,23?,27+,28+/m1/s1. The van der Waals surface area contributed by atoms with Gasteiger partial charge in [0.25, 0.3) is 0 Å². The maximum absolute atomic E-state index is 14.4. The van der Waals surface area contributed by atoms with Gasteiger partial charge in [0.1, 0.15) is 23.2 Å². The van der Waals surface area contributed by atoms with Crippen LogP contribution in [0.15, 0.2) is 24.3 Å². The number of hydrogen-bond donors (Lipinski definition) is 1. The van der Waals surface area contributed by atoms with Crippen LogP contribution in [0.2, 0.25) is 0 Å². The molecule has 7 atom stereocenters. The van der Waals surface area contributed by atoms with Crippen molar-refractivity contribution in [2.24, 2.45) is 17.8 Å². The number of amides is 2. The third kappa shape index (κ3) is 4.10. The Morgan fingerprint density at radius 1 is 1.08 bits per heavy atom. The van der Waals surface area contributed by atoms with Gasteiger partial charge in [-0.05, 0) is 38.5 Å². The first-order valence-electron chi connectivity index (χ1n) is 13.6. The average Bonchev–Trinajstić information content (AvgIpc) is 3.18. The Hall–Kier alpha value is -2.19. The molecule has 2 saturated heterocycles. The maximum Gasteiger partial charge on any atom is 0.313 e. The first-order chi connectivity index (χ1) is 17.2. The number of carbonyl (C=O) groups excluding carboxylic acids is 3. The molecule has 1 spiro atoms. The fourth-order valence-corrected chi connectivity index (χ4v) is 6.87. The first-order valence-corrected chi connectivity index (χ1v) is 13.6. The van der Waals surface area contributed by atoms with E-state index in [0.29, 0.717) is 25.8 Å². The quantitative estimate of drug-likeness (QED) is 0.405. The fourth-order valence-electron chi connectivity index (χ4n) is 6.87. The number of likely N-dealkylation sites (tertiary alicyclic amines) is 1. The minimum Gasteiger partial charge on any atom is -0.465 e. The van der Waals surface area contributed by atoms with Gasteiger partial charge in [-0.1, -0.05) is 58.4 Å². The third-order valence-electron chi connectivity index (χ3n) is 8.46. The Morgan fingerprint density at radius 3 is 2.47 bits per heavy atom. The maximum atomic E-state index is 14.4. The average molecular weight is 503 g/mol. The van der Waals surface area contributed by atoms with Gasteiger partial charge in [-0.3, -0.25) is 14.4 Å². The van der Waals surface area contributed by atoms with Crippen LogP contribution in [0.1, 0.15) is 66.7 Å². The van der Waals surface area contributed by atoms with Crippen LogP contribution >= 0.6 is 0 Å². The van der Waals surface area contributed by atoms with Crippen LogP contribution in [-0.4, -0.2) is 81.8 Å². The zero-order chi connectivity index (χ0) is 26.3. The number of carbonyl (C=O) groups is 3. The molecule has 2 amide bonds. The fraction of sp³-hybridized carbons (Fsp3) is 0.750. The van der Waals surface area contributed by atoms with Crippen molar-refractivity contribution >= 4 is 17.8 Å². The Morgan fingerprint density at radius 2 is 1.83 bits per heavy atom. The molecule has 2 fully saturated rings. The molecule has 0 aromatic heterocycles. The Bertz CT molecular complexity index is 931. The predicted octanol–water partition coefficient (Wildman–Crippen LogP) is 2.84. The monoisotopic (exact) mass is 502 g/mol. The SMILES string of the molecule is CCCC(C)N1CC=C[C@]23O[C@@]4(CC)C=CCCOC(=O)[C@H]4[C@H]2C(=O)N([C@@H](CO)CC(C)C)C3C1=O. The highest BCUT2D eigenvalue weighted by atomic mass is 16.6. The van der Waals surface area contributed by atoms with Crippen molar-refractivity contribution in [3.05, 3.63) is 24.3 Å². The van der Waals surface area contributed by atoms with Gasteiger partial charge in [0.2, 0.25) is 11.8 Å². The van der Waals surface area contributed by atoms with Gasteiger partial charge < -0.3 is 24.4 Å². The molecule has 36 heavy (non-hydrogen) atoms. The van der Waals surface area contributed by atoms with Gasteiger partial charge in [0, 0.05) is 12.6 Å². The van der Waals surface area contributed by atoms with Crippen molar-refractivity contribution in [3.8, 4) is 0 Å². The van der Waals surface area contributed by atoms with E-state index in [1.807, 2.05) is 56.9 Å². The summed E-state index contributed by atoms with van der Waals surface area (Å²) in [6.07, 6.45) is 11.0. The Kier molecular flexibility index (Phi) is 7.68. The van der Waals surface area contributed by atoms with Gasteiger partial charge in [-0.15, -0.1) is 0 Å². The molecule has 8 nitrogen and oxygen atoms in total. The number of rotatable bonds is 8. The zero-order valence-electron chi connectivity index (χ0n) is 22.3. The minimum atomic E-state index is -1.31. The topological polar surface area (TPSA) is 96.4 Å². The van der Waals surface area contributed by atoms with E-state index in [0.717, 1.165) is 12.8 Å². The van der Waals surface area contributed by atoms with Crippen LogP contribution in [-0.2, 0) is 23.9 Å². The van der Waals surface area contributed by atoms with Crippen LogP contribution < -0.4 is 0 Å². The third-order valence-corrected chi connectivity index (χ3v) is 8.46. The number of ether oxygens (including phenoxy) is 2. The summed E-state index contributed by atoms with van der Waals surface area (Å²) in [4.78, 5) is 45.5. The van der Waals surface area contributed by atoms with Crippen molar-refractivity contribution < 1.29 is 29.0 Å². The molecule has 0 radical (unpaired) electrons. The highest BCUT2D eigenvalue weighted by Gasteiger charge is 2.76. The van der Waals surface area contributed by atoms with Gasteiger partial charge in [0.05, 0.1) is 25.2 Å². The number of aliphatic hydroxyl groups excluding tert-OH is 1. The lowest BCUT2D eigenvalue weighted by molar-refractivity contribution is -0.164. The van der Waals surface area contributed by atoms with E-state index >= 15 is 0 Å². The predicted molar refractivity (Wildman–Crippen MR) is 135 cm³/mol. The molecule has 4 aliphatic heterocycles. The normalized spacial score (nSPS) is 35.6. The van der Waals surface area contributed by atoms with Crippen LogP contribution in [0.25, 0.3) is 0 Å². The van der Waals surface area contributed by atoms with Gasteiger partial charge in [-0.25, -0.2) is 0 Å². The molecular weight excluding hydrogens is 460 g/mol. The van der Waals surface area contributed by atoms with Gasteiger partial charge in [0.15, 0.2) is 0 Å². The lowest BCUT2D eigenvalue weighted by Crippen LogP contribution is -2.60. The summed E-state index contributed by atoms with van der Waals surface area (Å²) in [7, 11) is 0. The lowest BCUT2D eigenvalue weighted by Gasteiger charge is -2.42. The second kappa shape index (κ2) is 10.3. The highest BCUT2D eigenvalue weighted by Crippen LogP contribution is 2.58. The van der Waals surface area contributed by atoms with Crippen molar-refractivity contribution in [2.45, 2.75) is 96.1 Å². The molecule has 200 valence electrons. The van der Waals surface area contributed by atoms with Crippen molar-refractivity contribution in [1.29, 1.82) is 0 Å². The van der Waals surface area contributed by atoms with E-state index in [4.69, 9.17) is 9.47 Å². The van der Waals surface area contributed by atoms with Crippen LogP contribution in [0.5, 0.6) is 0 Å². The molecule has 0 aromatic rings. The number of cyclic esters (lactones) is 1. The lowest BCUT2D eigenvalue weighted by atomic mass is 9.73. The summed E-state index contributed by atoms with van der Waals surface area (Å²) in [5.74, 6) is -2.52. The molecule has 8 heteroatoms. The summed E-state index contributed by atoms with van der Waals surface area (Å²) >= 11 is 0. The second-order valence-corrected chi connectivity index (χ2v) is 11.2. The van der Waals surface area contributed by atoms with Crippen LogP contribution in [0, 0.1) is 17.8 Å². The van der Waals surface area contributed by atoms with Gasteiger partial charge in [-0.2, -0.15) is 0 Å². The number of nitrogens with zero attached hydrogens (tertiary/aromatic N) is 2. The molecule has 4 rings (SSSR count). The first kappa shape index (κ1) is 26.9. The molecule has 0 bridgehead atoms. The largest absolute Gasteiger partial charge is 0.465 e. The number of hydrogen-bond acceptors (Lipinski definition) is 6. The molecular formula is C28H42N2O6. The molecule has 0 saturated carbocycles. The van der Waals surface area contributed by atoms with E-state index in [1.165, 1.54) is 0 Å². The van der Waals surface area contributed by atoms with E-state index in [1.54, 1.807) is 4.90 Å². The Labute approximate surface area is 214 Å². The Balaban J connectivity index is 1.90. The van der Waals surface area contributed by atoms with Crippen LogP contribution in [0.4, 0.5) is 0 Å². The highest BCUT2D eigenvalue weighted by molar-refractivity contribution is 5.99. The summed E-state index contributed by atoms with van der Waals surface area (Å²) in [6, 6.07) is -1.53. The van der Waals surface area contributed by atoms with E-state index in [-0.39, 0.29) is 37.0 Å². The van der Waals surface area contributed by atoms with Gasteiger partial charge >= 0.3 is 5.97 Å². The molecule has 4 aliphatic rings. The number of aliphatic hydroxyl groups is 1. The molecule has 0 aliphatic carbocycles. The zero-order valence-corrected chi connectivity index (χ0v) is 22.3. The van der Waals surface area contributed by atoms with E-state index < -0.39 is 41.1 Å². The molecule has 2 unspecified atom stereocenters. The van der Waals surface area contributed by atoms with E-state index in [9.17, 15) is 19.5 Å². The summed E-state index contributed by atoms with van der Waals surface area (Å²) in [5.41, 5.74) is -2.35. The minimum absolute atomic E-state index is 0.0175. The van der Waals surface area contributed by atoms with Crippen LogP contribution in [0.3, 0.4) is 0 Å². The molecule has 0 aromatic carbocycles. The number of esters is 1.